The van der Waals surface area contributed by atoms with Crippen LogP contribution in [0, 0.1) is 0 Å². The second kappa shape index (κ2) is 9.22. The predicted octanol–water partition coefficient (Wildman–Crippen LogP) is 5.00. The first-order valence-electron chi connectivity index (χ1n) is 9.67. The number of fused-ring (bicyclic) bond motifs is 1. The Morgan fingerprint density at radius 2 is 1.90 bits per heavy atom. The largest absolute Gasteiger partial charge is 0.458 e. The van der Waals surface area contributed by atoms with Crippen LogP contribution in [0.15, 0.2) is 54.7 Å². The number of hydrogen-bond acceptors (Lipinski definition) is 4. The number of esters is 1. The van der Waals surface area contributed by atoms with Gasteiger partial charge in [-0.3, -0.25) is 0 Å². The molecule has 0 aliphatic rings. The molecule has 3 aromatic rings. The van der Waals surface area contributed by atoms with E-state index < -0.39 is 23.7 Å². The van der Waals surface area contributed by atoms with Crippen molar-refractivity contribution in [3.8, 4) is 0 Å². The molecule has 0 aliphatic heterocycles. The Morgan fingerprint density at radius 1 is 1.13 bits per heavy atom. The molecule has 1 unspecified atom stereocenters. The second-order valence-corrected chi connectivity index (χ2v) is 8.44. The highest BCUT2D eigenvalue weighted by Crippen LogP contribution is 2.20. The number of halogens is 1. The summed E-state index contributed by atoms with van der Waals surface area (Å²) < 4.78 is 10.8. The van der Waals surface area contributed by atoms with Gasteiger partial charge in [-0.05, 0) is 50.1 Å². The Labute approximate surface area is 180 Å². The average molecular weight is 429 g/mol. The zero-order valence-electron chi connectivity index (χ0n) is 17.2. The SMILES string of the molecule is CC(C)(C)OC(=O)C(Cc1c[nH]c2ccccc12)NC(=O)OCc1cccc(Cl)c1. The summed E-state index contributed by atoms with van der Waals surface area (Å²) in [5.41, 5.74) is 1.93. The summed E-state index contributed by atoms with van der Waals surface area (Å²) in [6.45, 7) is 5.39. The number of hydrogen-bond donors (Lipinski definition) is 2. The molecule has 0 bridgehead atoms. The molecule has 1 atom stereocenters. The van der Waals surface area contributed by atoms with E-state index in [0.717, 1.165) is 22.0 Å². The number of aromatic nitrogens is 1. The number of para-hydroxylation sites is 1. The molecule has 2 N–H and O–H groups in total. The minimum Gasteiger partial charge on any atom is -0.458 e. The number of benzene rings is 2. The van der Waals surface area contributed by atoms with Gasteiger partial charge in [0, 0.05) is 28.5 Å². The van der Waals surface area contributed by atoms with Gasteiger partial charge in [-0.25, -0.2) is 9.59 Å². The van der Waals surface area contributed by atoms with Crippen LogP contribution < -0.4 is 5.32 Å². The molecule has 1 heterocycles. The van der Waals surface area contributed by atoms with Gasteiger partial charge >= 0.3 is 12.1 Å². The van der Waals surface area contributed by atoms with Crippen molar-refractivity contribution in [3.63, 3.8) is 0 Å². The maximum Gasteiger partial charge on any atom is 0.408 e. The van der Waals surface area contributed by atoms with Crippen LogP contribution in [0.5, 0.6) is 0 Å². The predicted molar refractivity (Wildman–Crippen MR) is 116 cm³/mol. The summed E-state index contributed by atoms with van der Waals surface area (Å²) in [4.78, 5) is 28.3. The molecule has 3 rings (SSSR count). The normalized spacial score (nSPS) is 12.4. The van der Waals surface area contributed by atoms with Crippen LogP contribution in [-0.4, -0.2) is 28.7 Å². The fourth-order valence-electron chi connectivity index (χ4n) is 3.05. The molecule has 158 valence electrons. The van der Waals surface area contributed by atoms with Crippen LogP contribution in [0.4, 0.5) is 4.79 Å². The van der Waals surface area contributed by atoms with Crippen molar-refractivity contribution in [1.29, 1.82) is 0 Å². The molecule has 0 spiro atoms. The number of carbonyl (C=O) groups excluding carboxylic acids is 2. The monoisotopic (exact) mass is 428 g/mol. The lowest BCUT2D eigenvalue weighted by atomic mass is 10.0. The summed E-state index contributed by atoms with van der Waals surface area (Å²) in [7, 11) is 0. The van der Waals surface area contributed by atoms with Gasteiger partial charge in [0.15, 0.2) is 0 Å². The Hall–Kier alpha value is -2.99. The van der Waals surface area contributed by atoms with Gasteiger partial charge in [0.05, 0.1) is 0 Å². The van der Waals surface area contributed by atoms with E-state index in [1.807, 2.05) is 30.5 Å². The number of nitrogens with one attached hydrogen (secondary N) is 2. The fraction of sp³-hybridized carbons (Fsp3) is 0.304. The van der Waals surface area contributed by atoms with Crippen LogP contribution >= 0.6 is 11.6 Å². The van der Waals surface area contributed by atoms with E-state index in [-0.39, 0.29) is 13.0 Å². The van der Waals surface area contributed by atoms with E-state index in [9.17, 15) is 9.59 Å². The molecular formula is C23H25ClN2O4. The van der Waals surface area contributed by atoms with Crippen LogP contribution in [-0.2, 0) is 27.3 Å². The lowest BCUT2D eigenvalue weighted by molar-refractivity contribution is -0.157. The van der Waals surface area contributed by atoms with Gasteiger partial charge in [0.2, 0.25) is 0 Å². The van der Waals surface area contributed by atoms with E-state index in [4.69, 9.17) is 21.1 Å². The van der Waals surface area contributed by atoms with Crippen molar-refractivity contribution >= 4 is 34.6 Å². The quantitative estimate of drug-likeness (QED) is 0.541. The van der Waals surface area contributed by atoms with Crippen molar-refractivity contribution < 1.29 is 19.1 Å². The molecule has 0 radical (unpaired) electrons. The third-order valence-electron chi connectivity index (χ3n) is 4.34. The number of amides is 1. The third kappa shape index (κ3) is 6.00. The molecule has 0 saturated carbocycles. The average Bonchev–Trinajstić information content (AvgIpc) is 3.08. The lowest BCUT2D eigenvalue weighted by Crippen LogP contribution is -2.45. The molecule has 0 aliphatic carbocycles. The highest BCUT2D eigenvalue weighted by molar-refractivity contribution is 6.30. The molecule has 30 heavy (non-hydrogen) atoms. The first-order chi connectivity index (χ1) is 14.2. The topological polar surface area (TPSA) is 80.4 Å². The maximum absolute atomic E-state index is 12.8. The standard InChI is InChI=1S/C23H25ClN2O4/c1-23(2,3)30-21(27)20(12-16-13-25-19-10-5-4-9-18(16)19)26-22(28)29-14-15-7-6-8-17(24)11-15/h4-11,13,20,25H,12,14H2,1-3H3,(H,26,28). The van der Waals surface area contributed by atoms with Crippen molar-refractivity contribution in [2.45, 2.75) is 45.4 Å². The number of H-pyrrole nitrogens is 1. The molecule has 0 saturated heterocycles. The molecule has 7 heteroatoms. The highest BCUT2D eigenvalue weighted by atomic mass is 35.5. The van der Waals surface area contributed by atoms with E-state index in [0.29, 0.717) is 5.02 Å². The number of alkyl carbamates (subject to hydrolysis) is 1. The van der Waals surface area contributed by atoms with Crippen LogP contribution in [0.2, 0.25) is 5.02 Å². The zero-order valence-corrected chi connectivity index (χ0v) is 18.0. The Kier molecular flexibility index (Phi) is 6.67. The third-order valence-corrected chi connectivity index (χ3v) is 4.58. The summed E-state index contributed by atoms with van der Waals surface area (Å²) >= 11 is 5.95. The van der Waals surface area contributed by atoms with Crippen molar-refractivity contribution in [3.05, 3.63) is 70.9 Å². The Bertz CT molecular complexity index is 1040. The summed E-state index contributed by atoms with van der Waals surface area (Å²) in [5.74, 6) is -0.521. The van der Waals surface area contributed by atoms with Gasteiger partial charge in [-0.1, -0.05) is 41.9 Å². The number of carbonyl (C=O) groups is 2. The van der Waals surface area contributed by atoms with Gasteiger partial charge in [-0.15, -0.1) is 0 Å². The molecule has 2 aromatic carbocycles. The molecule has 0 fully saturated rings. The van der Waals surface area contributed by atoms with Crippen LogP contribution in [0.25, 0.3) is 10.9 Å². The van der Waals surface area contributed by atoms with E-state index in [1.54, 1.807) is 45.0 Å². The molecule has 1 amide bonds. The second-order valence-electron chi connectivity index (χ2n) is 8.00. The zero-order chi connectivity index (χ0) is 21.7. The van der Waals surface area contributed by atoms with Crippen molar-refractivity contribution in [2.24, 2.45) is 0 Å². The summed E-state index contributed by atoms with van der Waals surface area (Å²) in [6, 6.07) is 13.9. The number of ether oxygens (including phenoxy) is 2. The molecular weight excluding hydrogens is 404 g/mol. The lowest BCUT2D eigenvalue weighted by Gasteiger charge is -2.24. The number of aromatic amines is 1. The summed E-state index contributed by atoms with van der Waals surface area (Å²) in [6.07, 6.45) is 1.40. The van der Waals surface area contributed by atoms with Crippen molar-refractivity contribution in [2.75, 3.05) is 0 Å². The van der Waals surface area contributed by atoms with Gasteiger partial charge < -0.3 is 19.8 Å². The Morgan fingerprint density at radius 3 is 2.63 bits per heavy atom. The van der Waals surface area contributed by atoms with E-state index in [2.05, 4.69) is 10.3 Å². The minimum absolute atomic E-state index is 0.0422. The van der Waals surface area contributed by atoms with Crippen LogP contribution in [0.3, 0.4) is 0 Å². The van der Waals surface area contributed by atoms with Gasteiger partial charge in [0.25, 0.3) is 0 Å². The number of rotatable bonds is 6. The summed E-state index contributed by atoms with van der Waals surface area (Å²) in [5, 5.41) is 4.19. The van der Waals surface area contributed by atoms with Gasteiger partial charge in [-0.2, -0.15) is 0 Å². The Balaban J connectivity index is 1.72. The first kappa shape index (κ1) is 21.7. The van der Waals surface area contributed by atoms with E-state index in [1.165, 1.54) is 0 Å². The van der Waals surface area contributed by atoms with Crippen molar-refractivity contribution in [1.82, 2.24) is 10.3 Å². The van der Waals surface area contributed by atoms with Crippen LogP contribution in [0.1, 0.15) is 31.9 Å². The van der Waals surface area contributed by atoms with E-state index >= 15 is 0 Å². The fourth-order valence-corrected chi connectivity index (χ4v) is 3.26. The maximum atomic E-state index is 12.8. The first-order valence-corrected chi connectivity index (χ1v) is 10.0. The molecule has 1 aromatic heterocycles. The van der Waals surface area contributed by atoms with Gasteiger partial charge in [0.1, 0.15) is 18.2 Å². The highest BCUT2D eigenvalue weighted by Gasteiger charge is 2.28. The smallest absolute Gasteiger partial charge is 0.408 e. The molecule has 6 nitrogen and oxygen atoms in total. The minimum atomic E-state index is -0.893.